The Bertz CT molecular complexity index is 497. The second kappa shape index (κ2) is 6.24. The van der Waals surface area contributed by atoms with Crippen molar-refractivity contribution in [3.63, 3.8) is 0 Å². The molecule has 1 unspecified atom stereocenters. The van der Waals surface area contributed by atoms with Crippen LogP contribution >= 0.6 is 11.6 Å². The number of benzene rings is 1. The molecule has 0 spiro atoms. The smallest absolute Gasteiger partial charge is 0.128 e. The largest absolute Gasteiger partial charge is 0.207 e. The highest BCUT2D eigenvalue weighted by atomic mass is 35.5. The third-order valence-electron chi connectivity index (χ3n) is 4.99. The van der Waals surface area contributed by atoms with Gasteiger partial charge in [-0.2, -0.15) is 0 Å². The summed E-state index contributed by atoms with van der Waals surface area (Å²) in [4.78, 5) is 0. The molecule has 1 aromatic carbocycles. The van der Waals surface area contributed by atoms with E-state index in [1.807, 2.05) is 0 Å². The Morgan fingerprint density at radius 2 is 1.62 bits per heavy atom. The summed E-state index contributed by atoms with van der Waals surface area (Å²) in [7, 11) is 0. The quantitative estimate of drug-likeness (QED) is 0.554. The van der Waals surface area contributed by atoms with Crippen LogP contribution in [0.5, 0.6) is 0 Å². The standard InChI is InChI=1S/C18H25ClF2/c1-11-9-16(21)14(10-15(11)20)17(19)12-5-7-13(8-6-12)18(2,3)4/h9-10,12-13,17H,5-8H2,1-4H3. The predicted molar refractivity (Wildman–Crippen MR) is 84.6 cm³/mol. The van der Waals surface area contributed by atoms with E-state index in [0.717, 1.165) is 25.7 Å². The number of aryl methyl sites for hydroxylation is 1. The van der Waals surface area contributed by atoms with E-state index in [0.29, 0.717) is 22.5 Å². The molecule has 0 radical (unpaired) electrons. The van der Waals surface area contributed by atoms with Crippen molar-refractivity contribution in [3.05, 3.63) is 34.9 Å². The van der Waals surface area contributed by atoms with Crippen LogP contribution in [0.1, 0.15) is 63.0 Å². The second-order valence-electron chi connectivity index (χ2n) is 7.50. The van der Waals surface area contributed by atoms with Crippen LogP contribution in [0.15, 0.2) is 12.1 Å². The van der Waals surface area contributed by atoms with Gasteiger partial charge in [0, 0.05) is 5.56 Å². The van der Waals surface area contributed by atoms with Crippen LogP contribution in [0.4, 0.5) is 8.78 Å². The lowest BCUT2D eigenvalue weighted by molar-refractivity contribution is 0.148. The first kappa shape index (κ1) is 16.7. The summed E-state index contributed by atoms with van der Waals surface area (Å²) >= 11 is 6.47. The van der Waals surface area contributed by atoms with Crippen LogP contribution in [0.2, 0.25) is 0 Å². The van der Waals surface area contributed by atoms with Crippen molar-refractivity contribution in [1.82, 2.24) is 0 Å². The number of halogens is 3. The molecule has 118 valence electrons. The highest BCUT2D eigenvalue weighted by Gasteiger charge is 2.33. The Labute approximate surface area is 131 Å². The molecule has 0 saturated heterocycles. The normalized spacial score (nSPS) is 24.9. The molecule has 0 nitrogen and oxygen atoms in total. The fraction of sp³-hybridized carbons (Fsp3) is 0.667. The zero-order valence-electron chi connectivity index (χ0n) is 13.3. The van der Waals surface area contributed by atoms with Gasteiger partial charge in [0.1, 0.15) is 11.6 Å². The van der Waals surface area contributed by atoms with Gasteiger partial charge in [-0.3, -0.25) is 0 Å². The Morgan fingerprint density at radius 1 is 1.05 bits per heavy atom. The van der Waals surface area contributed by atoms with Gasteiger partial charge in [0.05, 0.1) is 5.38 Å². The Morgan fingerprint density at radius 3 is 2.14 bits per heavy atom. The minimum absolute atomic E-state index is 0.238. The van der Waals surface area contributed by atoms with Crippen LogP contribution in [-0.2, 0) is 0 Å². The number of hydrogen-bond acceptors (Lipinski definition) is 0. The van der Waals surface area contributed by atoms with Gasteiger partial charge in [-0.15, -0.1) is 11.6 Å². The van der Waals surface area contributed by atoms with Crippen molar-refractivity contribution in [3.8, 4) is 0 Å². The molecule has 1 aromatic rings. The molecule has 1 aliphatic rings. The molecule has 0 heterocycles. The van der Waals surface area contributed by atoms with Gasteiger partial charge >= 0.3 is 0 Å². The molecule has 3 heteroatoms. The summed E-state index contributed by atoms with van der Waals surface area (Å²) in [6.07, 6.45) is 4.22. The third kappa shape index (κ3) is 3.77. The zero-order chi connectivity index (χ0) is 15.8. The predicted octanol–water partition coefficient (Wildman–Crippen LogP) is 6.41. The molecule has 1 fully saturated rings. The van der Waals surface area contributed by atoms with Crippen LogP contribution in [0.3, 0.4) is 0 Å². The topological polar surface area (TPSA) is 0 Å². The van der Waals surface area contributed by atoms with Crippen LogP contribution in [-0.4, -0.2) is 0 Å². The van der Waals surface area contributed by atoms with Gasteiger partial charge in [0.2, 0.25) is 0 Å². The van der Waals surface area contributed by atoms with E-state index < -0.39 is 5.38 Å². The molecule has 0 bridgehead atoms. The maximum atomic E-state index is 14.1. The first-order valence-electron chi connectivity index (χ1n) is 7.79. The fourth-order valence-electron chi connectivity index (χ4n) is 3.40. The molecular weight excluding hydrogens is 290 g/mol. The van der Waals surface area contributed by atoms with Crippen LogP contribution < -0.4 is 0 Å². The maximum Gasteiger partial charge on any atom is 0.128 e. The van der Waals surface area contributed by atoms with Gasteiger partial charge in [0.15, 0.2) is 0 Å². The summed E-state index contributed by atoms with van der Waals surface area (Å²) in [5, 5.41) is -0.430. The van der Waals surface area contributed by atoms with Crippen molar-refractivity contribution in [2.75, 3.05) is 0 Å². The number of alkyl halides is 1. The second-order valence-corrected chi connectivity index (χ2v) is 7.97. The Balaban J connectivity index is 2.09. The van der Waals surface area contributed by atoms with Crippen LogP contribution in [0.25, 0.3) is 0 Å². The first-order valence-corrected chi connectivity index (χ1v) is 8.23. The van der Waals surface area contributed by atoms with Gasteiger partial charge < -0.3 is 0 Å². The van der Waals surface area contributed by atoms with Gasteiger partial charge in [0.25, 0.3) is 0 Å². The number of rotatable bonds is 2. The van der Waals surface area contributed by atoms with E-state index in [1.54, 1.807) is 6.92 Å². The molecule has 1 atom stereocenters. The molecule has 1 saturated carbocycles. The molecule has 1 aliphatic carbocycles. The van der Waals surface area contributed by atoms with Gasteiger partial charge in [-0.05, 0) is 67.6 Å². The van der Waals surface area contributed by atoms with E-state index in [4.69, 9.17) is 11.6 Å². The molecule has 0 amide bonds. The maximum absolute atomic E-state index is 14.1. The highest BCUT2D eigenvalue weighted by molar-refractivity contribution is 6.21. The summed E-state index contributed by atoms with van der Waals surface area (Å²) in [5.74, 6) is 0.173. The van der Waals surface area contributed by atoms with E-state index in [-0.39, 0.29) is 17.6 Å². The van der Waals surface area contributed by atoms with Crippen molar-refractivity contribution in [2.24, 2.45) is 17.3 Å². The average molecular weight is 315 g/mol. The molecule has 0 aliphatic heterocycles. The number of hydrogen-bond donors (Lipinski definition) is 0. The lowest BCUT2D eigenvalue weighted by atomic mass is 9.69. The van der Waals surface area contributed by atoms with Crippen molar-refractivity contribution < 1.29 is 8.78 Å². The Kier molecular flexibility index (Phi) is 4.97. The lowest BCUT2D eigenvalue weighted by Crippen LogP contribution is -2.27. The monoisotopic (exact) mass is 314 g/mol. The lowest BCUT2D eigenvalue weighted by Gasteiger charge is -2.38. The fourth-order valence-corrected chi connectivity index (χ4v) is 3.82. The third-order valence-corrected chi connectivity index (χ3v) is 5.58. The average Bonchev–Trinajstić information content (AvgIpc) is 2.41. The molecule has 21 heavy (non-hydrogen) atoms. The molecule has 2 rings (SSSR count). The van der Waals surface area contributed by atoms with Crippen molar-refractivity contribution >= 4 is 11.6 Å². The van der Waals surface area contributed by atoms with Gasteiger partial charge in [-0.1, -0.05) is 20.8 Å². The van der Waals surface area contributed by atoms with Crippen molar-refractivity contribution in [1.29, 1.82) is 0 Å². The van der Waals surface area contributed by atoms with Gasteiger partial charge in [-0.25, -0.2) is 8.78 Å². The van der Waals surface area contributed by atoms with E-state index >= 15 is 0 Å². The molecular formula is C18H25ClF2. The zero-order valence-corrected chi connectivity index (χ0v) is 14.1. The minimum Gasteiger partial charge on any atom is -0.207 e. The highest BCUT2D eigenvalue weighted by Crippen LogP contribution is 2.45. The van der Waals surface area contributed by atoms with E-state index in [9.17, 15) is 8.78 Å². The summed E-state index contributed by atoms with van der Waals surface area (Å²) in [5.41, 5.74) is 0.962. The molecule has 0 aromatic heterocycles. The molecule has 0 N–H and O–H groups in total. The Hall–Kier alpha value is -0.630. The SMILES string of the molecule is Cc1cc(F)c(C(Cl)C2CCC(C(C)(C)C)CC2)cc1F. The first-order chi connectivity index (χ1) is 9.70. The minimum atomic E-state index is -0.430. The summed E-state index contributed by atoms with van der Waals surface area (Å²) < 4.78 is 27.7. The summed E-state index contributed by atoms with van der Waals surface area (Å²) in [6.45, 7) is 8.38. The summed E-state index contributed by atoms with van der Waals surface area (Å²) in [6, 6.07) is 2.53. The van der Waals surface area contributed by atoms with E-state index in [1.165, 1.54) is 12.1 Å². The van der Waals surface area contributed by atoms with Crippen LogP contribution in [0, 0.1) is 35.8 Å². The van der Waals surface area contributed by atoms with E-state index in [2.05, 4.69) is 20.8 Å². The van der Waals surface area contributed by atoms with Crippen molar-refractivity contribution in [2.45, 2.75) is 58.8 Å².